The number of pyridine rings is 1. The van der Waals surface area contributed by atoms with Crippen molar-refractivity contribution < 1.29 is 0 Å². The quantitative estimate of drug-likeness (QED) is 0.654. The molecular formula is C20H22N2. The Hall–Kier alpha value is -2.35. The van der Waals surface area contributed by atoms with Crippen LogP contribution in [0.5, 0.6) is 0 Å². The normalized spacial score (nSPS) is 12.4. The summed E-state index contributed by atoms with van der Waals surface area (Å²) in [4.78, 5) is 8.12. The van der Waals surface area contributed by atoms with Gasteiger partial charge in [-0.15, -0.1) is 0 Å². The molecule has 0 saturated carbocycles. The number of aromatic nitrogens is 2. The van der Waals surface area contributed by atoms with Gasteiger partial charge in [-0.05, 0) is 48.7 Å². The van der Waals surface area contributed by atoms with Gasteiger partial charge in [0, 0.05) is 22.2 Å². The minimum Gasteiger partial charge on any atom is -0.359 e. The molecule has 0 amide bonds. The summed E-state index contributed by atoms with van der Waals surface area (Å²) in [5.41, 5.74) is 5.68. The number of H-pyrrole nitrogens is 1. The first-order chi connectivity index (χ1) is 10.4. The van der Waals surface area contributed by atoms with E-state index in [0.29, 0.717) is 0 Å². The number of aromatic amines is 1. The van der Waals surface area contributed by atoms with Gasteiger partial charge in [0.25, 0.3) is 0 Å². The topological polar surface area (TPSA) is 28.7 Å². The summed E-state index contributed by atoms with van der Waals surface area (Å²) in [7, 11) is 0. The molecule has 0 atom stereocenters. The van der Waals surface area contributed by atoms with E-state index in [4.69, 9.17) is 4.98 Å². The number of allylic oxidation sites excluding steroid dienone is 1. The van der Waals surface area contributed by atoms with E-state index in [-0.39, 0.29) is 5.41 Å². The summed E-state index contributed by atoms with van der Waals surface area (Å²) in [6.07, 6.45) is 4.29. The predicted molar refractivity (Wildman–Crippen MR) is 94.8 cm³/mol. The molecule has 0 radical (unpaired) electrons. The molecule has 0 saturated heterocycles. The minimum atomic E-state index is 0.166. The molecule has 0 fully saturated rings. The average Bonchev–Trinajstić information content (AvgIpc) is 2.84. The zero-order chi connectivity index (χ0) is 15.7. The van der Waals surface area contributed by atoms with Crippen LogP contribution in [0.2, 0.25) is 0 Å². The fourth-order valence-corrected chi connectivity index (χ4v) is 2.48. The van der Waals surface area contributed by atoms with Crippen LogP contribution in [0.15, 0.2) is 48.5 Å². The van der Waals surface area contributed by atoms with E-state index in [1.807, 2.05) is 6.07 Å². The van der Waals surface area contributed by atoms with Gasteiger partial charge in [-0.3, -0.25) is 0 Å². The molecule has 3 aromatic rings. The SMILES string of the molecule is Cc1cc2cc(-c3cccc(/C=C/C(C)(C)C)n3)ccc2[nH]1. The molecule has 0 unspecified atom stereocenters. The maximum Gasteiger partial charge on any atom is 0.0709 e. The highest BCUT2D eigenvalue weighted by Crippen LogP contribution is 2.24. The van der Waals surface area contributed by atoms with E-state index in [2.05, 4.69) is 81.2 Å². The van der Waals surface area contributed by atoms with Gasteiger partial charge < -0.3 is 4.98 Å². The lowest BCUT2D eigenvalue weighted by Gasteiger charge is -2.11. The van der Waals surface area contributed by atoms with Crippen LogP contribution in [-0.2, 0) is 0 Å². The second-order valence-electron chi connectivity index (χ2n) is 6.90. The van der Waals surface area contributed by atoms with Crippen molar-refractivity contribution >= 4 is 17.0 Å². The Morgan fingerprint density at radius 3 is 2.64 bits per heavy atom. The van der Waals surface area contributed by atoms with E-state index >= 15 is 0 Å². The molecule has 1 N–H and O–H groups in total. The van der Waals surface area contributed by atoms with Gasteiger partial charge in [-0.2, -0.15) is 0 Å². The Kier molecular flexibility index (Phi) is 3.61. The van der Waals surface area contributed by atoms with Crippen molar-refractivity contribution in [2.75, 3.05) is 0 Å². The van der Waals surface area contributed by atoms with E-state index in [1.165, 1.54) is 16.6 Å². The lowest BCUT2D eigenvalue weighted by Crippen LogP contribution is -1.98. The fraction of sp³-hybridized carbons (Fsp3) is 0.250. The monoisotopic (exact) mass is 290 g/mol. The molecule has 0 aliphatic rings. The first-order valence-electron chi connectivity index (χ1n) is 7.67. The highest BCUT2D eigenvalue weighted by atomic mass is 14.7. The molecule has 112 valence electrons. The predicted octanol–water partition coefficient (Wildman–Crippen LogP) is 5.60. The summed E-state index contributed by atoms with van der Waals surface area (Å²) in [5, 5.41) is 1.23. The molecule has 2 heteroatoms. The Labute approximate surface area is 131 Å². The molecule has 0 aliphatic carbocycles. The summed E-state index contributed by atoms with van der Waals surface area (Å²) >= 11 is 0. The van der Waals surface area contributed by atoms with Crippen LogP contribution in [0.3, 0.4) is 0 Å². The van der Waals surface area contributed by atoms with Crippen molar-refractivity contribution in [2.24, 2.45) is 5.41 Å². The van der Waals surface area contributed by atoms with Gasteiger partial charge in [-0.1, -0.05) is 39.0 Å². The number of aryl methyl sites for hydroxylation is 1. The Morgan fingerprint density at radius 2 is 1.86 bits per heavy atom. The number of benzene rings is 1. The van der Waals surface area contributed by atoms with Gasteiger partial charge >= 0.3 is 0 Å². The number of hydrogen-bond acceptors (Lipinski definition) is 1. The van der Waals surface area contributed by atoms with Gasteiger partial charge in [0.15, 0.2) is 0 Å². The van der Waals surface area contributed by atoms with Crippen molar-refractivity contribution in [2.45, 2.75) is 27.7 Å². The summed E-state index contributed by atoms with van der Waals surface area (Å²) in [6.45, 7) is 8.65. The van der Waals surface area contributed by atoms with Gasteiger partial charge in [0.2, 0.25) is 0 Å². The zero-order valence-electron chi connectivity index (χ0n) is 13.6. The van der Waals surface area contributed by atoms with E-state index in [0.717, 1.165) is 17.0 Å². The second-order valence-corrected chi connectivity index (χ2v) is 6.90. The third kappa shape index (κ3) is 3.28. The van der Waals surface area contributed by atoms with Crippen molar-refractivity contribution in [3.05, 3.63) is 59.9 Å². The maximum atomic E-state index is 4.76. The smallest absolute Gasteiger partial charge is 0.0709 e. The van der Waals surface area contributed by atoms with Crippen LogP contribution >= 0.6 is 0 Å². The van der Waals surface area contributed by atoms with Crippen LogP contribution in [0, 0.1) is 12.3 Å². The number of rotatable bonds is 2. The largest absolute Gasteiger partial charge is 0.359 e. The Morgan fingerprint density at radius 1 is 1.05 bits per heavy atom. The molecule has 2 aromatic heterocycles. The fourth-order valence-electron chi connectivity index (χ4n) is 2.48. The summed E-state index contributed by atoms with van der Waals surface area (Å²) < 4.78 is 0. The maximum absolute atomic E-state index is 4.76. The van der Waals surface area contributed by atoms with Crippen molar-refractivity contribution in [1.29, 1.82) is 0 Å². The van der Waals surface area contributed by atoms with Crippen LogP contribution in [0.1, 0.15) is 32.2 Å². The van der Waals surface area contributed by atoms with Crippen LogP contribution in [-0.4, -0.2) is 9.97 Å². The average molecular weight is 290 g/mol. The van der Waals surface area contributed by atoms with Crippen LogP contribution < -0.4 is 0 Å². The van der Waals surface area contributed by atoms with E-state index in [9.17, 15) is 0 Å². The van der Waals surface area contributed by atoms with Gasteiger partial charge in [-0.25, -0.2) is 4.98 Å². The minimum absolute atomic E-state index is 0.166. The molecular weight excluding hydrogens is 268 g/mol. The summed E-state index contributed by atoms with van der Waals surface area (Å²) in [6, 6.07) is 14.8. The molecule has 3 rings (SSSR count). The third-order valence-electron chi connectivity index (χ3n) is 3.58. The zero-order valence-corrected chi connectivity index (χ0v) is 13.6. The number of fused-ring (bicyclic) bond motifs is 1. The molecule has 22 heavy (non-hydrogen) atoms. The highest BCUT2D eigenvalue weighted by molar-refractivity contribution is 5.85. The molecule has 2 nitrogen and oxygen atoms in total. The van der Waals surface area contributed by atoms with Crippen molar-refractivity contribution in [3.63, 3.8) is 0 Å². The number of nitrogens with one attached hydrogen (secondary N) is 1. The molecule has 1 aromatic carbocycles. The van der Waals surface area contributed by atoms with Crippen LogP contribution in [0.25, 0.3) is 28.2 Å². The summed E-state index contributed by atoms with van der Waals surface area (Å²) in [5.74, 6) is 0. The number of nitrogens with zero attached hydrogens (tertiary/aromatic N) is 1. The molecule has 0 bridgehead atoms. The van der Waals surface area contributed by atoms with Crippen LogP contribution in [0.4, 0.5) is 0 Å². The van der Waals surface area contributed by atoms with Crippen molar-refractivity contribution in [3.8, 4) is 11.3 Å². The Balaban J connectivity index is 1.98. The van der Waals surface area contributed by atoms with E-state index < -0.39 is 0 Å². The number of hydrogen-bond donors (Lipinski definition) is 1. The van der Waals surface area contributed by atoms with Crippen molar-refractivity contribution in [1.82, 2.24) is 9.97 Å². The van der Waals surface area contributed by atoms with E-state index in [1.54, 1.807) is 0 Å². The highest BCUT2D eigenvalue weighted by Gasteiger charge is 2.06. The lowest BCUT2D eigenvalue weighted by atomic mass is 9.96. The first-order valence-corrected chi connectivity index (χ1v) is 7.67. The first kappa shape index (κ1) is 14.6. The Bertz CT molecular complexity index is 832. The second kappa shape index (κ2) is 5.45. The third-order valence-corrected chi connectivity index (χ3v) is 3.58. The molecule has 0 aliphatic heterocycles. The molecule has 0 spiro atoms. The van der Waals surface area contributed by atoms with Gasteiger partial charge in [0.05, 0.1) is 11.4 Å². The standard InChI is InChI=1S/C20H22N2/c1-14-12-16-13-15(8-9-19(16)21-14)18-7-5-6-17(22-18)10-11-20(2,3)4/h5-13,21H,1-4H3/b11-10+. The molecule has 2 heterocycles. The lowest BCUT2D eigenvalue weighted by molar-refractivity contribution is 0.547. The van der Waals surface area contributed by atoms with Gasteiger partial charge in [0.1, 0.15) is 0 Å².